The van der Waals surface area contributed by atoms with Gasteiger partial charge in [-0.1, -0.05) is 0 Å². The zero-order chi connectivity index (χ0) is 5.21. The first-order chi connectivity index (χ1) is 2.56. The van der Waals surface area contributed by atoms with Crippen LogP contribution in [0.4, 0.5) is 0 Å². The van der Waals surface area contributed by atoms with Crippen molar-refractivity contribution in [2.75, 3.05) is 6.54 Å². The van der Waals surface area contributed by atoms with Gasteiger partial charge < -0.3 is 5.73 Å². The highest BCUT2D eigenvalue weighted by Gasteiger charge is 2.07. The quantitative estimate of drug-likeness (QED) is 0.497. The van der Waals surface area contributed by atoms with Crippen LogP contribution in [-0.2, 0) is 0 Å². The second-order valence-corrected chi connectivity index (χ2v) is 2.95. The molecule has 0 fully saturated rings. The molecule has 0 saturated heterocycles. The van der Waals surface area contributed by atoms with Crippen molar-refractivity contribution in [3.63, 3.8) is 0 Å². The van der Waals surface area contributed by atoms with Crippen molar-refractivity contribution in [1.82, 2.24) is 0 Å². The molecule has 0 aliphatic rings. The van der Waals surface area contributed by atoms with Crippen LogP contribution in [0.1, 0.15) is 13.8 Å². The highest BCUT2D eigenvalue weighted by atomic mass is 35.5. The summed E-state index contributed by atoms with van der Waals surface area (Å²) in [5.41, 5.74) is 5.17. The Kier molecular flexibility index (Phi) is 1.88. The molecule has 0 aromatic carbocycles. The van der Waals surface area contributed by atoms with Crippen LogP contribution >= 0.6 is 11.6 Å². The van der Waals surface area contributed by atoms with Crippen molar-refractivity contribution >= 4 is 11.6 Å². The van der Waals surface area contributed by atoms with Gasteiger partial charge in [-0.25, -0.2) is 0 Å². The Balaban J connectivity index is 3.17. The number of halogens is 1. The Morgan fingerprint density at radius 3 is 1.83 bits per heavy atom. The Morgan fingerprint density at radius 1 is 1.67 bits per heavy atom. The zero-order valence-corrected chi connectivity index (χ0v) is 4.92. The number of alkyl halides is 1. The average molecular weight is 108 g/mol. The van der Waals surface area contributed by atoms with Crippen LogP contribution in [0.15, 0.2) is 0 Å². The van der Waals surface area contributed by atoms with Gasteiger partial charge in [0.05, 0.1) is 4.87 Å². The van der Waals surface area contributed by atoms with E-state index in [4.69, 9.17) is 17.3 Å². The molecule has 1 nitrogen and oxygen atoms in total. The molecule has 0 aliphatic carbocycles. The predicted molar refractivity (Wildman–Crippen MR) is 29.0 cm³/mol. The average Bonchev–Trinajstić information content (AvgIpc) is 1.35. The van der Waals surface area contributed by atoms with Crippen molar-refractivity contribution < 1.29 is 0 Å². The Morgan fingerprint density at radius 2 is 1.83 bits per heavy atom. The topological polar surface area (TPSA) is 26.0 Å². The summed E-state index contributed by atoms with van der Waals surface area (Å²) in [4.78, 5) is -0.208. The second kappa shape index (κ2) is 1.80. The molecule has 0 saturated carbocycles. The Labute approximate surface area is 43.5 Å². The predicted octanol–water partition coefficient (Wildman–Crippen LogP) is 0.962. The standard InChI is InChI=1S/C4H10ClN/c1-4(2,5)3-6/h3,6H2,1-2H3. The highest BCUT2D eigenvalue weighted by molar-refractivity contribution is 6.23. The first-order valence-corrected chi connectivity index (χ1v) is 2.33. The minimum atomic E-state index is -0.208. The maximum absolute atomic E-state index is 5.59. The van der Waals surface area contributed by atoms with Gasteiger partial charge in [0.25, 0.3) is 0 Å². The van der Waals surface area contributed by atoms with Gasteiger partial charge in [0, 0.05) is 6.54 Å². The fourth-order valence-corrected chi connectivity index (χ4v) is 0. The SMILES string of the molecule is CC(C)(Cl)CN. The van der Waals surface area contributed by atoms with Crippen molar-refractivity contribution in [3.05, 3.63) is 0 Å². The zero-order valence-electron chi connectivity index (χ0n) is 4.16. The van der Waals surface area contributed by atoms with Crippen molar-refractivity contribution in [2.45, 2.75) is 18.7 Å². The van der Waals surface area contributed by atoms with E-state index in [9.17, 15) is 0 Å². The van der Waals surface area contributed by atoms with Gasteiger partial charge in [0.2, 0.25) is 0 Å². The molecule has 0 amide bonds. The van der Waals surface area contributed by atoms with Crippen LogP contribution in [0, 0.1) is 0 Å². The molecule has 0 unspecified atom stereocenters. The van der Waals surface area contributed by atoms with E-state index in [0.29, 0.717) is 6.54 Å². The molecule has 2 N–H and O–H groups in total. The lowest BCUT2D eigenvalue weighted by Crippen LogP contribution is -2.23. The molecule has 38 valence electrons. The van der Waals surface area contributed by atoms with Gasteiger partial charge in [-0.05, 0) is 13.8 Å². The summed E-state index contributed by atoms with van der Waals surface area (Å²) in [6, 6.07) is 0. The minimum Gasteiger partial charge on any atom is -0.329 e. The molecule has 0 rings (SSSR count). The van der Waals surface area contributed by atoms with E-state index in [2.05, 4.69) is 0 Å². The maximum atomic E-state index is 5.59. The molecule has 0 aromatic heterocycles. The highest BCUT2D eigenvalue weighted by Crippen LogP contribution is 2.07. The summed E-state index contributed by atoms with van der Waals surface area (Å²) >= 11 is 5.59. The third-order valence-electron chi connectivity index (χ3n) is 0.485. The van der Waals surface area contributed by atoms with Crippen LogP contribution in [0.3, 0.4) is 0 Å². The molecule has 0 heterocycles. The Hall–Kier alpha value is 0.250. The third-order valence-corrected chi connectivity index (χ3v) is 0.640. The Bertz CT molecular complexity index is 37.3. The van der Waals surface area contributed by atoms with Gasteiger partial charge in [0.1, 0.15) is 0 Å². The lowest BCUT2D eigenvalue weighted by atomic mass is 10.2. The molecular formula is C4H10ClN. The first kappa shape index (κ1) is 6.25. The molecule has 2 heteroatoms. The van der Waals surface area contributed by atoms with Gasteiger partial charge in [0.15, 0.2) is 0 Å². The molecule has 0 aliphatic heterocycles. The van der Waals surface area contributed by atoms with Crippen LogP contribution in [-0.4, -0.2) is 11.4 Å². The van der Waals surface area contributed by atoms with Gasteiger partial charge in [-0.2, -0.15) is 0 Å². The van der Waals surface area contributed by atoms with Crippen LogP contribution in [0.2, 0.25) is 0 Å². The smallest absolute Gasteiger partial charge is 0.0512 e. The first-order valence-electron chi connectivity index (χ1n) is 1.95. The summed E-state index contributed by atoms with van der Waals surface area (Å²) in [7, 11) is 0. The molecular weight excluding hydrogens is 97.5 g/mol. The number of nitrogens with two attached hydrogens (primary N) is 1. The van der Waals surface area contributed by atoms with E-state index in [1.54, 1.807) is 0 Å². The van der Waals surface area contributed by atoms with Crippen LogP contribution in [0.25, 0.3) is 0 Å². The van der Waals surface area contributed by atoms with Gasteiger partial charge in [-0.15, -0.1) is 11.6 Å². The molecule has 0 aromatic rings. The van der Waals surface area contributed by atoms with E-state index in [1.807, 2.05) is 13.8 Å². The normalized spacial score (nSPS) is 12.0. The summed E-state index contributed by atoms with van der Waals surface area (Å²) in [5.74, 6) is 0. The summed E-state index contributed by atoms with van der Waals surface area (Å²) in [5, 5.41) is 0. The van der Waals surface area contributed by atoms with E-state index >= 15 is 0 Å². The second-order valence-electron chi connectivity index (χ2n) is 1.92. The van der Waals surface area contributed by atoms with E-state index in [1.165, 1.54) is 0 Å². The number of hydrogen-bond donors (Lipinski definition) is 1. The minimum absolute atomic E-state index is 0.208. The lowest BCUT2D eigenvalue weighted by molar-refractivity contribution is 0.709. The summed E-state index contributed by atoms with van der Waals surface area (Å²) in [6.07, 6.45) is 0. The summed E-state index contributed by atoms with van der Waals surface area (Å²) < 4.78 is 0. The van der Waals surface area contributed by atoms with Crippen molar-refractivity contribution in [3.8, 4) is 0 Å². The largest absolute Gasteiger partial charge is 0.329 e. The number of hydrogen-bond acceptors (Lipinski definition) is 1. The van der Waals surface area contributed by atoms with Crippen LogP contribution in [0.5, 0.6) is 0 Å². The van der Waals surface area contributed by atoms with E-state index < -0.39 is 0 Å². The number of rotatable bonds is 1. The molecule has 0 radical (unpaired) electrons. The lowest BCUT2D eigenvalue weighted by Gasteiger charge is -2.09. The van der Waals surface area contributed by atoms with Crippen molar-refractivity contribution in [1.29, 1.82) is 0 Å². The van der Waals surface area contributed by atoms with E-state index in [-0.39, 0.29) is 4.87 Å². The molecule has 0 spiro atoms. The molecule has 6 heavy (non-hydrogen) atoms. The summed E-state index contributed by atoms with van der Waals surface area (Å²) in [6.45, 7) is 4.30. The molecule has 0 bridgehead atoms. The van der Waals surface area contributed by atoms with E-state index in [0.717, 1.165) is 0 Å². The van der Waals surface area contributed by atoms with Crippen LogP contribution < -0.4 is 5.73 Å². The van der Waals surface area contributed by atoms with Crippen molar-refractivity contribution in [2.24, 2.45) is 5.73 Å². The van der Waals surface area contributed by atoms with Gasteiger partial charge in [-0.3, -0.25) is 0 Å². The maximum Gasteiger partial charge on any atom is 0.0512 e. The monoisotopic (exact) mass is 107 g/mol. The molecule has 0 atom stereocenters. The third kappa shape index (κ3) is 4.25. The van der Waals surface area contributed by atoms with Gasteiger partial charge >= 0.3 is 0 Å². The fraction of sp³-hybridized carbons (Fsp3) is 1.00. The fourth-order valence-electron chi connectivity index (χ4n) is 0.